The second-order valence-electron chi connectivity index (χ2n) is 11.0. The topological polar surface area (TPSA) is 177 Å². The van der Waals surface area contributed by atoms with Crippen molar-refractivity contribution >= 4 is 88.3 Å². The Labute approximate surface area is 324 Å². The smallest absolute Gasteiger partial charge is 0.406 e. The summed E-state index contributed by atoms with van der Waals surface area (Å²) in [5.74, 6) is -1.45. The molecule has 2 heterocycles. The molecule has 2 aromatic heterocycles. The second-order valence-corrected chi connectivity index (χ2v) is 14.9. The molecular formula is C34H26Cl2F6N4O8S2. The Kier molecular flexibility index (Phi) is 14.2. The highest BCUT2D eigenvalue weighted by molar-refractivity contribution is 7.89. The number of nitrogens with one attached hydrogen (secondary N) is 2. The first-order valence-corrected chi connectivity index (χ1v) is 19.3. The molecule has 298 valence electrons. The van der Waals surface area contributed by atoms with Gasteiger partial charge in [0.1, 0.15) is 23.1 Å². The molecule has 0 amide bonds. The maximum absolute atomic E-state index is 12.1. The summed E-state index contributed by atoms with van der Waals surface area (Å²) in [5.41, 5.74) is 2.46. The molecular weight excluding hydrogens is 841 g/mol. The van der Waals surface area contributed by atoms with E-state index in [2.05, 4.69) is 30.1 Å². The third-order valence-corrected chi connectivity index (χ3v) is 8.97. The lowest BCUT2D eigenvalue weighted by molar-refractivity contribution is -0.275. The number of fused-ring (bicyclic) bond motifs is 2. The van der Waals surface area contributed by atoms with Gasteiger partial charge in [0.2, 0.25) is 0 Å². The van der Waals surface area contributed by atoms with Gasteiger partial charge in [-0.05, 0) is 84.9 Å². The van der Waals surface area contributed by atoms with Crippen LogP contribution in [0.2, 0.25) is 10.0 Å². The zero-order chi connectivity index (χ0) is 41.3. The van der Waals surface area contributed by atoms with Gasteiger partial charge in [-0.25, -0.2) is 9.97 Å². The number of pyridine rings is 2. The Hall–Kier alpha value is -5.12. The standard InChI is InChI=1S/2C16H10ClF3N2O.C2H6O6S2/c2*17-13-3-1-2-10-4-9-14(22-15(10)13)21-11-5-7-12(8-6-11)23-16(18,19)20;3-9(4,5)1-2-10(6,7)8/h2*1-9H,(H,21,22);1-2H2,(H,3,4,5)(H,6,7,8). The zero-order valence-electron chi connectivity index (χ0n) is 27.9. The lowest BCUT2D eigenvalue weighted by atomic mass is 10.2. The quantitative estimate of drug-likeness (QED) is 0.0800. The van der Waals surface area contributed by atoms with Crippen molar-refractivity contribution in [1.29, 1.82) is 0 Å². The van der Waals surface area contributed by atoms with E-state index < -0.39 is 44.5 Å². The number of hydrogen-bond acceptors (Lipinski definition) is 10. The molecule has 0 atom stereocenters. The zero-order valence-corrected chi connectivity index (χ0v) is 31.0. The molecule has 0 radical (unpaired) electrons. The monoisotopic (exact) mass is 866 g/mol. The molecule has 0 aliphatic heterocycles. The SMILES string of the molecule is FC(F)(F)Oc1ccc(Nc2ccc3cccc(Cl)c3n2)cc1.FC(F)(F)Oc1ccc(Nc2ccc3cccc(Cl)c3n2)cc1.O=S(=O)(O)CCS(=O)(=O)O. The van der Waals surface area contributed by atoms with Gasteiger partial charge in [-0.1, -0.05) is 47.5 Å². The molecule has 6 rings (SSSR count). The first-order chi connectivity index (χ1) is 26.0. The van der Waals surface area contributed by atoms with Crippen molar-refractivity contribution < 1.29 is 61.8 Å². The summed E-state index contributed by atoms with van der Waals surface area (Å²) >= 11 is 12.2. The van der Waals surface area contributed by atoms with Crippen molar-refractivity contribution in [2.24, 2.45) is 0 Å². The Morgan fingerprint density at radius 1 is 0.536 bits per heavy atom. The molecule has 4 N–H and O–H groups in total. The molecule has 22 heteroatoms. The number of ether oxygens (including phenoxy) is 2. The molecule has 0 bridgehead atoms. The van der Waals surface area contributed by atoms with Crippen LogP contribution < -0.4 is 20.1 Å². The number of rotatable bonds is 9. The Bertz CT molecular complexity index is 2320. The van der Waals surface area contributed by atoms with Crippen LogP contribution in [-0.2, 0) is 20.2 Å². The average Bonchev–Trinajstić information content (AvgIpc) is 3.09. The van der Waals surface area contributed by atoms with Crippen LogP contribution in [0.3, 0.4) is 0 Å². The number of para-hydroxylation sites is 2. The molecule has 0 saturated heterocycles. The lowest BCUT2D eigenvalue weighted by Gasteiger charge is -2.10. The third kappa shape index (κ3) is 15.2. The van der Waals surface area contributed by atoms with Crippen molar-refractivity contribution in [2.75, 3.05) is 22.1 Å². The largest absolute Gasteiger partial charge is 0.573 e. The minimum Gasteiger partial charge on any atom is -0.406 e. The van der Waals surface area contributed by atoms with E-state index in [-0.39, 0.29) is 11.5 Å². The second kappa shape index (κ2) is 18.2. The van der Waals surface area contributed by atoms with Crippen LogP contribution in [0.4, 0.5) is 49.4 Å². The van der Waals surface area contributed by atoms with Crippen molar-refractivity contribution in [2.45, 2.75) is 12.7 Å². The van der Waals surface area contributed by atoms with Gasteiger partial charge in [0.25, 0.3) is 20.2 Å². The van der Waals surface area contributed by atoms with Crippen molar-refractivity contribution in [3.8, 4) is 11.5 Å². The maximum Gasteiger partial charge on any atom is 0.573 e. The number of benzene rings is 4. The maximum atomic E-state index is 12.1. The van der Waals surface area contributed by atoms with Crippen LogP contribution in [0.5, 0.6) is 11.5 Å². The van der Waals surface area contributed by atoms with E-state index >= 15 is 0 Å². The van der Waals surface area contributed by atoms with Crippen LogP contribution in [0.15, 0.2) is 109 Å². The van der Waals surface area contributed by atoms with Gasteiger partial charge in [0.05, 0.1) is 32.6 Å². The summed E-state index contributed by atoms with van der Waals surface area (Å²) in [6.45, 7) is 0. The highest BCUT2D eigenvalue weighted by Crippen LogP contribution is 2.29. The van der Waals surface area contributed by atoms with Gasteiger partial charge in [-0.15, -0.1) is 26.3 Å². The van der Waals surface area contributed by atoms with Gasteiger partial charge in [0.15, 0.2) is 0 Å². The van der Waals surface area contributed by atoms with Gasteiger partial charge >= 0.3 is 12.7 Å². The fourth-order valence-corrected chi connectivity index (χ4v) is 6.48. The van der Waals surface area contributed by atoms with E-state index in [9.17, 15) is 43.2 Å². The van der Waals surface area contributed by atoms with Gasteiger partial charge in [-0.2, -0.15) is 16.8 Å². The predicted molar refractivity (Wildman–Crippen MR) is 199 cm³/mol. The molecule has 0 saturated carbocycles. The molecule has 6 aromatic rings. The van der Waals surface area contributed by atoms with Crippen molar-refractivity contribution in [1.82, 2.24) is 9.97 Å². The van der Waals surface area contributed by atoms with E-state index in [1.165, 1.54) is 48.5 Å². The molecule has 56 heavy (non-hydrogen) atoms. The van der Waals surface area contributed by atoms with Gasteiger partial charge in [-0.3, -0.25) is 9.11 Å². The van der Waals surface area contributed by atoms with E-state index in [1.807, 2.05) is 36.4 Å². The van der Waals surface area contributed by atoms with E-state index in [0.29, 0.717) is 44.1 Å². The fourth-order valence-electron chi connectivity index (χ4n) is 4.35. The Balaban J connectivity index is 0.000000202. The number of anilines is 4. The van der Waals surface area contributed by atoms with Crippen LogP contribution in [0, 0.1) is 0 Å². The summed E-state index contributed by atoms with van der Waals surface area (Å²) in [4.78, 5) is 8.80. The molecule has 0 aliphatic rings. The van der Waals surface area contributed by atoms with Crippen LogP contribution in [0.25, 0.3) is 21.8 Å². The average molecular weight is 868 g/mol. The van der Waals surface area contributed by atoms with Crippen molar-refractivity contribution in [3.05, 3.63) is 119 Å². The minimum absolute atomic E-state index is 0.280. The van der Waals surface area contributed by atoms with Crippen LogP contribution in [0.1, 0.15) is 0 Å². The highest BCUT2D eigenvalue weighted by atomic mass is 35.5. The van der Waals surface area contributed by atoms with Crippen molar-refractivity contribution in [3.63, 3.8) is 0 Å². The number of halogens is 8. The lowest BCUT2D eigenvalue weighted by Crippen LogP contribution is -2.17. The predicted octanol–water partition coefficient (Wildman–Crippen LogP) is 9.82. The van der Waals surface area contributed by atoms with Gasteiger partial charge < -0.3 is 20.1 Å². The number of hydrogen-bond donors (Lipinski definition) is 4. The molecule has 12 nitrogen and oxygen atoms in total. The molecule has 0 fully saturated rings. The fraction of sp³-hybridized carbons (Fsp3) is 0.118. The van der Waals surface area contributed by atoms with Gasteiger partial charge in [0, 0.05) is 22.1 Å². The molecule has 0 unspecified atom stereocenters. The summed E-state index contributed by atoms with van der Waals surface area (Å²) < 4.78 is 136. The summed E-state index contributed by atoms with van der Waals surface area (Å²) in [5, 5.41) is 8.87. The Morgan fingerprint density at radius 2 is 0.875 bits per heavy atom. The minimum atomic E-state index is -4.70. The first-order valence-electron chi connectivity index (χ1n) is 15.3. The number of nitrogens with zero attached hydrogens (tertiary/aromatic N) is 2. The molecule has 0 aliphatic carbocycles. The summed E-state index contributed by atoms with van der Waals surface area (Å²) in [7, 11) is -8.59. The van der Waals surface area contributed by atoms with E-state index in [0.717, 1.165) is 10.8 Å². The molecule has 0 spiro atoms. The summed E-state index contributed by atoms with van der Waals surface area (Å²) in [6.07, 6.45) is -9.41. The van der Waals surface area contributed by atoms with E-state index in [4.69, 9.17) is 32.3 Å². The number of alkyl halides is 6. The number of aromatic nitrogens is 2. The van der Waals surface area contributed by atoms with Crippen LogP contribution >= 0.6 is 23.2 Å². The third-order valence-electron chi connectivity index (χ3n) is 6.66. The molecule has 4 aromatic carbocycles. The Morgan fingerprint density at radius 3 is 1.18 bits per heavy atom. The normalized spacial score (nSPS) is 11.8. The van der Waals surface area contributed by atoms with Crippen LogP contribution in [-0.4, -0.2) is 60.1 Å². The highest BCUT2D eigenvalue weighted by Gasteiger charge is 2.31. The summed E-state index contributed by atoms with van der Waals surface area (Å²) in [6, 6.07) is 29.0. The van der Waals surface area contributed by atoms with E-state index in [1.54, 1.807) is 24.3 Å². The first kappa shape index (κ1) is 43.6.